The number of hydrazine groups is 1. The van der Waals surface area contributed by atoms with Gasteiger partial charge in [-0.1, -0.05) is 0 Å². The number of hydrogen-bond acceptors (Lipinski definition) is 8. The van der Waals surface area contributed by atoms with E-state index >= 15 is 0 Å². The van der Waals surface area contributed by atoms with Crippen LogP contribution in [-0.4, -0.2) is 32.6 Å². The third-order valence-electron chi connectivity index (χ3n) is 3.24. The fraction of sp³-hybridized carbons (Fsp3) is 0.312. The molecule has 1 heterocycles. The number of benzene rings is 1. The smallest absolute Gasteiger partial charge is 0.346 e. The fourth-order valence-electron chi connectivity index (χ4n) is 2.07. The van der Waals surface area contributed by atoms with Gasteiger partial charge in [-0.05, 0) is 32.0 Å². The van der Waals surface area contributed by atoms with Gasteiger partial charge in [0.15, 0.2) is 13.0 Å². The van der Waals surface area contributed by atoms with Gasteiger partial charge in [0, 0.05) is 30.2 Å². The maximum absolute atomic E-state index is 11.5. The summed E-state index contributed by atoms with van der Waals surface area (Å²) in [6.07, 6.45) is 0.517. The van der Waals surface area contributed by atoms with Crippen molar-refractivity contribution in [1.82, 2.24) is 5.43 Å². The van der Waals surface area contributed by atoms with Gasteiger partial charge in [0.2, 0.25) is 0 Å². The van der Waals surface area contributed by atoms with Crippen molar-refractivity contribution < 1.29 is 18.7 Å². The van der Waals surface area contributed by atoms with E-state index in [2.05, 4.69) is 34.8 Å². The zero-order valence-corrected chi connectivity index (χ0v) is 13.7. The minimum atomic E-state index is -0.589. The second-order valence-corrected chi connectivity index (χ2v) is 4.61. The van der Waals surface area contributed by atoms with Crippen molar-refractivity contribution in [3.05, 3.63) is 40.2 Å². The summed E-state index contributed by atoms with van der Waals surface area (Å²) in [7, 11) is 0. The Morgan fingerprint density at radius 3 is 2.46 bits per heavy atom. The van der Waals surface area contributed by atoms with Crippen LogP contribution in [0.25, 0.3) is 11.0 Å². The van der Waals surface area contributed by atoms with Crippen LogP contribution >= 0.6 is 0 Å². The largest absolute Gasteiger partial charge is 0.451 e. The van der Waals surface area contributed by atoms with Crippen molar-refractivity contribution in [3.63, 3.8) is 0 Å². The second kappa shape index (κ2) is 10.1. The van der Waals surface area contributed by atoms with Crippen LogP contribution in [0, 0.1) is 0 Å². The number of hydrogen-bond donors (Lipinski definition) is 2. The van der Waals surface area contributed by atoms with Crippen LogP contribution in [0.1, 0.15) is 24.2 Å². The van der Waals surface area contributed by atoms with E-state index in [0.29, 0.717) is 18.3 Å². The Labute approximate surface area is 139 Å². The van der Waals surface area contributed by atoms with Crippen LogP contribution in [0.15, 0.2) is 33.5 Å². The molecule has 0 aliphatic carbocycles. The minimum absolute atomic E-state index is 0.0538. The number of nitrogens with one attached hydrogen (secondary N) is 1. The standard InChI is InChI=1S/C14H15NO3.C2H6N2O2/c1-3-15(4-2)12-6-5-10-7-11(9-16)14(17)18-13(10)8-12;3-4-1-6-2-5/h5-9H,3-4H2,1-2H3;2,4H,1,3H2. The molecule has 0 amide bonds. The summed E-state index contributed by atoms with van der Waals surface area (Å²) >= 11 is 0. The lowest BCUT2D eigenvalue weighted by molar-refractivity contribution is -0.129. The third-order valence-corrected chi connectivity index (χ3v) is 3.24. The van der Waals surface area contributed by atoms with Crippen LogP contribution in [0.3, 0.4) is 0 Å². The van der Waals surface area contributed by atoms with Gasteiger partial charge in [0.05, 0.1) is 0 Å². The predicted molar refractivity (Wildman–Crippen MR) is 90.8 cm³/mol. The van der Waals surface area contributed by atoms with Gasteiger partial charge < -0.3 is 14.1 Å². The van der Waals surface area contributed by atoms with E-state index in [-0.39, 0.29) is 12.3 Å². The second-order valence-electron chi connectivity index (χ2n) is 4.61. The summed E-state index contributed by atoms with van der Waals surface area (Å²) in [5.41, 5.74) is 3.10. The molecule has 0 aliphatic heterocycles. The SMILES string of the molecule is CCN(CC)c1ccc2cc(C=O)c(=O)oc2c1.NNCOC=O. The number of fused-ring (bicyclic) bond motifs is 1. The Hall–Kier alpha value is -2.71. The van der Waals surface area contributed by atoms with E-state index in [9.17, 15) is 14.4 Å². The molecule has 8 heteroatoms. The molecule has 1 aromatic heterocycles. The van der Waals surface area contributed by atoms with Crippen LogP contribution in [0.2, 0.25) is 0 Å². The van der Waals surface area contributed by atoms with Gasteiger partial charge >= 0.3 is 5.63 Å². The van der Waals surface area contributed by atoms with Crippen LogP contribution < -0.4 is 21.8 Å². The molecule has 0 saturated heterocycles. The highest BCUT2D eigenvalue weighted by atomic mass is 16.5. The molecule has 0 bridgehead atoms. The molecule has 0 radical (unpaired) electrons. The summed E-state index contributed by atoms with van der Waals surface area (Å²) in [4.78, 5) is 33.5. The average molecular weight is 335 g/mol. The van der Waals surface area contributed by atoms with Crippen molar-refractivity contribution in [2.24, 2.45) is 5.84 Å². The van der Waals surface area contributed by atoms with Crippen LogP contribution in [-0.2, 0) is 9.53 Å². The number of nitrogens with two attached hydrogens (primary N) is 1. The number of nitrogens with zero attached hydrogens (tertiary/aromatic N) is 1. The first-order valence-corrected chi connectivity index (χ1v) is 7.37. The molecular weight excluding hydrogens is 314 g/mol. The highest BCUT2D eigenvalue weighted by molar-refractivity contribution is 5.86. The molecule has 0 fully saturated rings. The van der Waals surface area contributed by atoms with Crippen LogP contribution in [0.4, 0.5) is 5.69 Å². The lowest BCUT2D eigenvalue weighted by atomic mass is 10.1. The molecule has 0 unspecified atom stereocenters. The van der Waals surface area contributed by atoms with E-state index in [1.165, 1.54) is 0 Å². The molecule has 0 saturated carbocycles. The molecule has 0 spiro atoms. The molecule has 1 aromatic carbocycles. The summed E-state index contributed by atoms with van der Waals surface area (Å²) < 4.78 is 9.22. The summed E-state index contributed by atoms with van der Waals surface area (Å²) in [6.45, 7) is 6.30. The number of aldehydes is 1. The maximum atomic E-state index is 11.5. The van der Waals surface area contributed by atoms with Gasteiger partial charge in [-0.3, -0.25) is 15.4 Å². The van der Waals surface area contributed by atoms with Crippen molar-refractivity contribution in [1.29, 1.82) is 0 Å². The van der Waals surface area contributed by atoms with Crippen molar-refractivity contribution in [2.75, 3.05) is 24.7 Å². The Kier molecular flexibility index (Phi) is 8.17. The Morgan fingerprint density at radius 2 is 1.96 bits per heavy atom. The lowest BCUT2D eigenvalue weighted by Gasteiger charge is -2.20. The Morgan fingerprint density at radius 1 is 1.25 bits per heavy atom. The van der Waals surface area contributed by atoms with E-state index in [1.807, 2.05) is 18.2 Å². The molecule has 24 heavy (non-hydrogen) atoms. The minimum Gasteiger partial charge on any atom is -0.451 e. The molecule has 2 rings (SSSR count). The molecule has 130 valence electrons. The monoisotopic (exact) mass is 335 g/mol. The molecule has 2 aromatic rings. The van der Waals surface area contributed by atoms with Crippen molar-refractivity contribution in [2.45, 2.75) is 13.8 Å². The van der Waals surface area contributed by atoms with Gasteiger partial charge in [0.25, 0.3) is 6.47 Å². The van der Waals surface area contributed by atoms with E-state index < -0.39 is 5.63 Å². The first kappa shape index (κ1) is 19.3. The number of carbonyl (C=O) groups excluding carboxylic acids is 2. The molecule has 3 N–H and O–H groups in total. The van der Waals surface area contributed by atoms with Gasteiger partial charge in [-0.25, -0.2) is 10.2 Å². The summed E-state index contributed by atoms with van der Waals surface area (Å²) in [5.74, 6) is 4.68. The number of carbonyl (C=O) groups is 2. The van der Waals surface area contributed by atoms with Crippen molar-refractivity contribution >= 4 is 29.4 Å². The first-order chi connectivity index (χ1) is 11.6. The molecule has 0 aliphatic rings. The summed E-state index contributed by atoms with van der Waals surface area (Å²) in [6, 6.07) is 7.21. The maximum Gasteiger partial charge on any atom is 0.346 e. The average Bonchev–Trinajstić information content (AvgIpc) is 2.60. The number of anilines is 1. The van der Waals surface area contributed by atoms with Gasteiger partial charge in [-0.15, -0.1) is 0 Å². The predicted octanol–water partition coefficient (Wildman–Crippen LogP) is 1.03. The summed E-state index contributed by atoms with van der Waals surface area (Å²) in [5, 5.41) is 0.757. The number of rotatable bonds is 7. The van der Waals surface area contributed by atoms with Crippen LogP contribution in [0.5, 0.6) is 0 Å². The molecular formula is C16H21N3O5. The highest BCUT2D eigenvalue weighted by Gasteiger charge is 2.07. The van der Waals surface area contributed by atoms with Crippen molar-refractivity contribution in [3.8, 4) is 0 Å². The zero-order valence-electron chi connectivity index (χ0n) is 13.7. The van der Waals surface area contributed by atoms with E-state index in [4.69, 9.17) is 4.42 Å². The lowest BCUT2D eigenvalue weighted by Crippen LogP contribution is -2.24. The van der Waals surface area contributed by atoms with E-state index in [0.717, 1.165) is 24.2 Å². The molecule has 0 atom stereocenters. The first-order valence-electron chi connectivity index (χ1n) is 7.37. The van der Waals surface area contributed by atoms with E-state index in [1.54, 1.807) is 6.07 Å². The van der Waals surface area contributed by atoms with Gasteiger partial charge in [0.1, 0.15) is 11.1 Å². The highest BCUT2D eigenvalue weighted by Crippen LogP contribution is 2.21. The molecule has 8 nitrogen and oxygen atoms in total. The third kappa shape index (κ3) is 5.18. The number of ether oxygens (including phenoxy) is 1. The van der Waals surface area contributed by atoms with Gasteiger partial charge in [-0.2, -0.15) is 0 Å². The topological polar surface area (TPSA) is 115 Å². The Balaban J connectivity index is 0.000000413. The normalized spacial score (nSPS) is 9.79. The Bertz CT molecular complexity index is 725. The zero-order chi connectivity index (χ0) is 17.9. The quantitative estimate of drug-likeness (QED) is 0.192. The fourth-order valence-corrected chi connectivity index (χ4v) is 2.07.